The molecule has 4 nitrogen and oxygen atoms in total. The highest BCUT2D eigenvalue weighted by Gasteiger charge is 2.12. The third-order valence-corrected chi connectivity index (χ3v) is 2.58. The van der Waals surface area contributed by atoms with Crippen LogP contribution in [0, 0.1) is 0 Å². The van der Waals surface area contributed by atoms with E-state index in [1.807, 2.05) is 6.07 Å². The molecule has 0 aliphatic carbocycles. The number of nitrogens with one attached hydrogen (secondary N) is 2. The minimum Gasteiger partial charge on any atom is -0.380 e. The molecule has 0 atom stereocenters. The molecule has 0 unspecified atom stereocenters. The van der Waals surface area contributed by atoms with Crippen LogP contribution in [0.2, 0.25) is 0 Å². The summed E-state index contributed by atoms with van der Waals surface area (Å²) < 4.78 is 0. The standard InChI is InChI=1S/C15H25N3O/c1-5-6-7-9-17-14(19)13-11-12(8-10-16-13)18-15(2,3)4/h8,10-11H,5-7,9H2,1-4H3,(H,16,18)(H,17,19). The lowest BCUT2D eigenvalue weighted by atomic mass is 10.1. The molecule has 0 fully saturated rings. The lowest BCUT2D eigenvalue weighted by Crippen LogP contribution is -2.27. The molecular weight excluding hydrogens is 238 g/mol. The van der Waals surface area contributed by atoms with Crippen LogP contribution in [-0.4, -0.2) is 23.0 Å². The first-order valence-electron chi connectivity index (χ1n) is 6.95. The highest BCUT2D eigenvalue weighted by atomic mass is 16.1. The summed E-state index contributed by atoms with van der Waals surface area (Å²) in [7, 11) is 0. The second kappa shape index (κ2) is 7.12. The summed E-state index contributed by atoms with van der Waals surface area (Å²) in [6.07, 6.45) is 4.97. The summed E-state index contributed by atoms with van der Waals surface area (Å²) in [6.45, 7) is 9.10. The van der Waals surface area contributed by atoms with Crippen LogP contribution in [-0.2, 0) is 0 Å². The quantitative estimate of drug-likeness (QED) is 0.775. The normalized spacial score (nSPS) is 11.2. The molecule has 1 aromatic rings. The Morgan fingerprint density at radius 3 is 2.68 bits per heavy atom. The Labute approximate surface area is 116 Å². The fourth-order valence-corrected chi connectivity index (χ4v) is 1.73. The zero-order valence-corrected chi connectivity index (χ0v) is 12.4. The Balaban J connectivity index is 2.58. The van der Waals surface area contributed by atoms with Gasteiger partial charge in [0.2, 0.25) is 0 Å². The van der Waals surface area contributed by atoms with E-state index in [4.69, 9.17) is 0 Å². The molecule has 0 saturated carbocycles. The van der Waals surface area contributed by atoms with Crippen LogP contribution in [0.15, 0.2) is 18.3 Å². The number of anilines is 1. The predicted octanol–water partition coefficient (Wildman–Crippen LogP) is 3.21. The van der Waals surface area contributed by atoms with E-state index in [0.717, 1.165) is 24.9 Å². The van der Waals surface area contributed by atoms with E-state index in [1.165, 1.54) is 0 Å². The molecule has 0 radical (unpaired) electrons. The van der Waals surface area contributed by atoms with E-state index >= 15 is 0 Å². The van der Waals surface area contributed by atoms with Gasteiger partial charge in [0.05, 0.1) is 0 Å². The van der Waals surface area contributed by atoms with Crippen molar-refractivity contribution in [3.8, 4) is 0 Å². The van der Waals surface area contributed by atoms with Gasteiger partial charge in [-0.15, -0.1) is 0 Å². The lowest BCUT2D eigenvalue weighted by Gasteiger charge is -2.22. The Morgan fingerprint density at radius 1 is 1.32 bits per heavy atom. The van der Waals surface area contributed by atoms with Gasteiger partial charge in [-0.1, -0.05) is 19.8 Å². The van der Waals surface area contributed by atoms with Gasteiger partial charge < -0.3 is 10.6 Å². The topological polar surface area (TPSA) is 54.0 Å². The first kappa shape index (κ1) is 15.5. The predicted molar refractivity (Wildman–Crippen MR) is 79.5 cm³/mol. The van der Waals surface area contributed by atoms with Crippen molar-refractivity contribution in [2.75, 3.05) is 11.9 Å². The second-order valence-corrected chi connectivity index (χ2v) is 5.77. The number of pyridine rings is 1. The van der Waals surface area contributed by atoms with Gasteiger partial charge >= 0.3 is 0 Å². The van der Waals surface area contributed by atoms with Crippen molar-refractivity contribution >= 4 is 11.6 Å². The smallest absolute Gasteiger partial charge is 0.269 e. The molecule has 106 valence electrons. The third kappa shape index (κ3) is 6.22. The zero-order chi connectivity index (χ0) is 14.3. The molecule has 0 aromatic carbocycles. The number of carbonyl (C=O) groups is 1. The van der Waals surface area contributed by atoms with Crippen molar-refractivity contribution < 1.29 is 4.79 Å². The molecule has 0 bridgehead atoms. The number of aromatic nitrogens is 1. The lowest BCUT2D eigenvalue weighted by molar-refractivity contribution is 0.0948. The number of unbranched alkanes of at least 4 members (excludes halogenated alkanes) is 2. The summed E-state index contributed by atoms with van der Waals surface area (Å²) in [6, 6.07) is 3.67. The molecule has 2 N–H and O–H groups in total. The van der Waals surface area contributed by atoms with Gasteiger partial charge in [-0.05, 0) is 39.3 Å². The van der Waals surface area contributed by atoms with Gasteiger partial charge in [-0.3, -0.25) is 9.78 Å². The minimum atomic E-state index is -0.103. The molecule has 0 aliphatic heterocycles. The van der Waals surface area contributed by atoms with E-state index in [2.05, 4.69) is 43.3 Å². The maximum atomic E-state index is 11.9. The average molecular weight is 263 g/mol. The monoisotopic (exact) mass is 263 g/mol. The summed E-state index contributed by atoms with van der Waals surface area (Å²) in [5, 5.41) is 6.23. The molecule has 0 aliphatic rings. The van der Waals surface area contributed by atoms with Crippen LogP contribution in [0.5, 0.6) is 0 Å². The Bertz CT molecular complexity index is 410. The largest absolute Gasteiger partial charge is 0.380 e. The summed E-state index contributed by atoms with van der Waals surface area (Å²) in [5.41, 5.74) is 1.35. The van der Waals surface area contributed by atoms with Crippen molar-refractivity contribution in [2.45, 2.75) is 52.5 Å². The van der Waals surface area contributed by atoms with Crippen molar-refractivity contribution in [3.05, 3.63) is 24.0 Å². The molecule has 0 spiro atoms. The maximum Gasteiger partial charge on any atom is 0.269 e. The maximum absolute atomic E-state index is 11.9. The van der Waals surface area contributed by atoms with E-state index < -0.39 is 0 Å². The fourth-order valence-electron chi connectivity index (χ4n) is 1.73. The number of amides is 1. The van der Waals surface area contributed by atoms with Crippen LogP contribution in [0.4, 0.5) is 5.69 Å². The summed E-state index contributed by atoms with van der Waals surface area (Å²) >= 11 is 0. The Hall–Kier alpha value is -1.58. The molecule has 1 heterocycles. The number of carbonyl (C=O) groups excluding carboxylic acids is 1. The second-order valence-electron chi connectivity index (χ2n) is 5.77. The Kier molecular flexibility index (Phi) is 5.80. The first-order valence-corrected chi connectivity index (χ1v) is 6.95. The highest BCUT2D eigenvalue weighted by Crippen LogP contribution is 2.14. The van der Waals surface area contributed by atoms with Gasteiger partial charge in [0.25, 0.3) is 5.91 Å². The third-order valence-electron chi connectivity index (χ3n) is 2.58. The van der Waals surface area contributed by atoms with Crippen molar-refractivity contribution in [2.24, 2.45) is 0 Å². The number of hydrogen-bond acceptors (Lipinski definition) is 3. The summed E-state index contributed by atoms with van der Waals surface area (Å²) in [4.78, 5) is 16.0. The molecule has 1 aromatic heterocycles. The fraction of sp³-hybridized carbons (Fsp3) is 0.600. The number of rotatable bonds is 6. The van der Waals surface area contributed by atoms with Gasteiger partial charge in [0.15, 0.2) is 0 Å². The van der Waals surface area contributed by atoms with Crippen LogP contribution >= 0.6 is 0 Å². The van der Waals surface area contributed by atoms with E-state index in [-0.39, 0.29) is 11.4 Å². The highest BCUT2D eigenvalue weighted by molar-refractivity contribution is 5.93. The summed E-state index contributed by atoms with van der Waals surface area (Å²) in [5.74, 6) is -0.103. The minimum absolute atomic E-state index is 0.0315. The van der Waals surface area contributed by atoms with Crippen molar-refractivity contribution in [1.29, 1.82) is 0 Å². The molecule has 1 rings (SSSR count). The molecular formula is C15H25N3O. The van der Waals surface area contributed by atoms with Crippen molar-refractivity contribution in [3.63, 3.8) is 0 Å². The van der Waals surface area contributed by atoms with E-state index in [0.29, 0.717) is 12.2 Å². The first-order chi connectivity index (χ1) is 8.92. The van der Waals surface area contributed by atoms with Crippen molar-refractivity contribution in [1.82, 2.24) is 10.3 Å². The molecule has 19 heavy (non-hydrogen) atoms. The zero-order valence-electron chi connectivity index (χ0n) is 12.4. The molecule has 1 amide bonds. The van der Waals surface area contributed by atoms with Crippen LogP contribution < -0.4 is 10.6 Å². The van der Waals surface area contributed by atoms with Gasteiger partial charge in [-0.2, -0.15) is 0 Å². The van der Waals surface area contributed by atoms with Gasteiger partial charge in [0.1, 0.15) is 5.69 Å². The Morgan fingerprint density at radius 2 is 2.05 bits per heavy atom. The number of hydrogen-bond donors (Lipinski definition) is 2. The van der Waals surface area contributed by atoms with Gasteiger partial charge in [-0.25, -0.2) is 0 Å². The average Bonchev–Trinajstić information content (AvgIpc) is 2.32. The van der Waals surface area contributed by atoms with Crippen LogP contribution in [0.3, 0.4) is 0 Å². The number of nitrogens with zero attached hydrogens (tertiary/aromatic N) is 1. The van der Waals surface area contributed by atoms with Crippen LogP contribution in [0.1, 0.15) is 57.4 Å². The van der Waals surface area contributed by atoms with Crippen LogP contribution in [0.25, 0.3) is 0 Å². The van der Waals surface area contributed by atoms with Gasteiger partial charge in [0, 0.05) is 24.0 Å². The van der Waals surface area contributed by atoms with E-state index in [1.54, 1.807) is 12.3 Å². The molecule has 4 heteroatoms. The van der Waals surface area contributed by atoms with E-state index in [9.17, 15) is 4.79 Å². The molecule has 0 saturated heterocycles. The SMILES string of the molecule is CCCCCNC(=O)c1cc(NC(C)(C)C)ccn1.